The zero-order valence-electron chi connectivity index (χ0n) is 18.6. The quantitative estimate of drug-likeness (QED) is 0.204. The summed E-state index contributed by atoms with van der Waals surface area (Å²) in [6, 6.07) is 33.8. The Morgan fingerprint density at radius 3 is 2.18 bits per heavy atom. The van der Waals surface area contributed by atoms with E-state index in [9.17, 15) is 0 Å². The number of aromatic nitrogens is 1. The number of hydrogen-bond donors (Lipinski definition) is 1. The fourth-order valence-electron chi connectivity index (χ4n) is 4.62. The molecule has 2 nitrogen and oxygen atoms in total. The Balaban J connectivity index is 0.000000138. The van der Waals surface area contributed by atoms with Crippen molar-refractivity contribution in [2.24, 2.45) is 0 Å². The van der Waals surface area contributed by atoms with Crippen LogP contribution >= 0.6 is 11.3 Å². The van der Waals surface area contributed by atoms with Gasteiger partial charge in [0.25, 0.3) is 0 Å². The number of benzene rings is 5. The average molecular weight is 550 g/mol. The fraction of sp³-hybridized carbons (Fsp3) is 0.0345. The molecule has 0 spiro atoms. The molecular formula is C29H20N2S2Y-2. The molecular weight excluding hydrogens is 529 g/mol. The molecule has 0 amide bonds. The van der Waals surface area contributed by atoms with Crippen LogP contribution in [0.3, 0.4) is 0 Å². The Morgan fingerprint density at radius 2 is 1.35 bits per heavy atom. The first-order valence-corrected chi connectivity index (χ1v) is 12.1. The number of aromatic amines is 1. The van der Waals surface area contributed by atoms with Crippen LogP contribution in [0.2, 0.25) is 0 Å². The Labute approximate surface area is 232 Å². The molecule has 0 atom stereocenters. The van der Waals surface area contributed by atoms with Crippen LogP contribution < -0.4 is 0 Å². The maximum Gasteiger partial charge on any atom is 0.0471 e. The summed E-state index contributed by atoms with van der Waals surface area (Å²) in [7, 11) is 1.80. The number of thiophene rings is 1. The molecule has 1 N–H and O–H groups in total. The van der Waals surface area contributed by atoms with Crippen molar-refractivity contribution in [2.75, 3.05) is 7.05 Å². The predicted octanol–water partition coefficient (Wildman–Crippen LogP) is 9.07. The zero-order valence-corrected chi connectivity index (χ0v) is 23.0. The number of hydrogen-bond acceptors (Lipinski definition) is 2. The third-order valence-electron chi connectivity index (χ3n) is 6.10. The van der Waals surface area contributed by atoms with E-state index in [-0.39, 0.29) is 32.7 Å². The van der Waals surface area contributed by atoms with Gasteiger partial charge in [-0.3, -0.25) is 0 Å². The zero-order chi connectivity index (χ0) is 22.4. The molecule has 0 aliphatic heterocycles. The van der Waals surface area contributed by atoms with Gasteiger partial charge in [-0.1, -0.05) is 72.8 Å². The van der Waals surface area contributed by atoms with E-state index in [0.717, 1.165) is 10.6 Å². The minimum Gasteiger partial charge on any atom is -0.781 e. The molecule has 2 aromatic heterocycles. The number of rotatable bonds is 1. The van der Waals surface area contributed by atoms with Crippen LogP contribution in [0.25, 0.3) is 58.1 Å². The second-order valence-corrected chi connectivity index (χ2v) is 9.51. The van der Waals surface area contributed by atoms with E-state index in [1.54, 1.807) is 18.4 Å². The second kappa shape index (κ2) is 9.63. The SMILES string of the molecule is C[N-]c1c([S-])ccc2sc3ccccc3c12.[Y].c1ccc2c(c1)ccc1[nH]c3ccccc3c12. The second-order valence-electron chi connectivity index (χ2n) is 7.99. The number of H-pyrrole nitrogens is 1. The van der Waals surface area contributed by atoms with E-state index in [1.807, 2.05) is 6.07 Å². The molecule has 0 aliphatic rings. The van der Waals surface area contributed by atoms with Crippen molar-refractivity contribution in [1.82, 2.24) is 4.98 Å². The summed E-state index contributed by atoms with van der Waals surface area (Å²) in [6.45, 7) is 0. The molecule has 163 valence electrons. The molecule has 0 saturated heterocycles. The van der Waals surface area contributed by atoms with E-state index < -0.39 is 0 Å². The summed E-state index contributed by atoms with van der Waals surface area (Å²) < 4.78 is 2.55. The van der Waals surface area contributed by atoms with Crippen molar-refractivity contribution in [1.29, 1.82) is 0 Å². The van der Waals surface area contributed by atoms with E-state index in [0.29, 0.717) is 0 Å². The Kier molecular flexibility index (Phi) is 6.59. The molecule has 7 rings (SSSR count). The number of nitrogens with one attached hydrogen (secondary N) is 1. The monoisotopic (exact) mass is 549 g/mol. The minimum atomic E-state index is 0. The average Bonchev–Trinajstić information content (AvgIpc) is 3.43. The summed E-state index contributed by atoms with van der Waals surface area (Å²) in [4.78, 5) is 4.30. The van der Waals surface area contributed by atoms with Crippen LogP contribution in [0, 0.1) is 0 Å². The summed E-state index contributed by atoms with van der Waals surface area (Å²) in [5, 5.41) is 12.0. The van der Waals surface area contributed by atoms with Crippen LogP contribution in [0.5, 0.6) is 0 Å². The van der Waals surface area contributed by atoms with E-state index in [4.69, 9.17) is 12.6 Å². The number of fused-ring (bicyclic) bond motifs is 8. The van der Waals surface area contributed by atoms with Gasteiger partial charge in [-0.2, -0.15) is 4.90 Å². The van der Waals surface area contributed by atoms with Crippen LogP contribution in [-0.2, 0) is 45.3 Å². The van der Waals surface area contributed by atoms with Crippen molar-refractivity contribution in [3.05, 3.63) is 102 Å². The summed E-state index contributed by atoms with van der Waals surface area (Å²) in [6.07, 6.45) is 0. The van der Waals surface area contributed by atoms with Crippen molar-refractivity contribution >= 4 is 82.4 Å². The van der Waals surface area contributed by atoms with Gasteiger partial charge in [-0.15, -0.1) is 24.1 Å². The molecule has 5 aromatic carbocycles. The molecule has 2 heterocycles. The van der Waals surface area contributed by atoms with Gasteiger partial charge >= 0.3 is 0 Å². The Hall–Kier alpha value is -2.50. The van der Waals surface area contributed by atoms with Gasteiger partial charge in [0.1, 0.15) is 0 Å². The molecule has 0 aliphatic carbocycles. The minimum absolute atomic E-state index is 0. The van der Waals surface area contributed by atoms with Crippen LogP contribution in [0.4, 0.5) is 5.69 Å². The normalized spacial score (nSPS) is 11.0. The maximum atomic E-state index is 5.32. The molecule has 0 unspecified atom stereocenters. The van der Waals surface area contributed by atoms with Gasteiger partial charge in [0.2, 0.25) is 0 Å². The van der Waals surface area contributed by atoms with Crippen molar-refractivity contribution in [3.63, 3.8) is 0 Å². The van der Waals surface area contributed by atoms with Gasteiger partial charge in [0.05, 0.1) is 0 Å². The summed E-state index contributed by atoms with van der Waals surface area (Å²) in [5.74, 6) is 0. The van der Waals surface area contributed by atoms with Crippen molar-refractivity contribution < 1.29 is 32.7 Å². The topological polar surface area (TPSA) is 29.9 Å². The first-order valence-electron chi connectivity index (χ1n) is 10.8. The maximum absolute atomic E-state index is 5.32. The third-order valence-corrected chi connectivity index (χ3v) is 7.56. The molecule has 0 fully saturated rings. The standard InChI is InChI=1S/C16H11N.C13H10NS2.Y/c1-2-6-12-11(5-1)9-10-15-16(12)13-7-3-4-8-14(13)17-15;1-14-13-9(15)6-7-11-12(13)8-4-2-3-5-10(8)16-11;/h1-10,17H;2-7,15H,1H3;/q;-1;/p-1. The number of para-hydroxylation sites is 1. The first-order chi connectivity index (χ1) is 16.2. The van der Waals surface area contributed by atoms with E-state index in [1.165, 1.54) is 52.8 Å². The van der Waals surface area contributed by atoms with Gasteiger partial charge in [-0.25, -0.2) is 0 Å². The molecule has 5 heteroatoms. The summed E-state index contributed by atoms with van der Waals surface area (Å²) >= 11 is 7.11. The predicted molar refractivity (Wildman–Crippen MR) is 147 cm³/mol. The third kappa shape index (κ3) is 3.89. The Morgan fingerprint density at radius 1 is 0.647 bits per heavy atom. The molecule has 34 heavy (non-hydrogen) atoms. The smallest absolute Gasteiger partial charge is 0.0471 e. The van der Waals surface area contributed by atoms with Crippen molar-refractivity contribution in [2.45, 2.75) is 4.90 Å². The largest absolute Gasteiger partial charge is 0.781 e. The van der Waals surface area contributed by atoms with Crippen LogP contribution in [0.1, 0.15) is 0 Å². The first kappa shape index (κ1) is 23.3. The van der Waals surface area contributed by atoms with Gasteiger partial charge in [0.15, 0.2) is 0 Å². The summed E-state index contributed by atoms with van der Waals surface area (Å²) in [5.41, 5.74) is 3.37. The van der Waals surface area contributed by atoms with Crippen LogP contribution in [-0.4, -0.2) is 12.0 Å². The fourth-order valence-corrected chi connectivity index (χ4v) is 5.99. The van der Waals surface area contributed by atoms with Crippen molar-refractivity contribution in [3.8, 4) is 0 Å². The molecule has 0 bridgehead atoms. The van der Waals surface area contributed by atoms with E-state index in [2.05, 4.69) is 101 Å². The molecule has 7 aromatic rings. The number of nitrogens with zero attached hydrogens (tertiary/aromatic N) is 1. The van der Waals surface area contributed by atoms with Crippen LogP contribution in [0.15, 0.2) is 102 Å². The van der Waals surface area contributed by atoms with Gasteiger partial charge < -0.3 is 22.9 Å². The Bertz CT molecular complexity index is 1780. The molecule has 0 saturated carbocycles. The van der Waals surface area contributed by atoms with Gasteiger partial charge in [-0.05, 0) is 45.8 Å². The van der Waals surface area contributed by atoms with Gasteiger partial charge in [0, 0.05) is 63.9 Å². The molecule has 1 radical (unpaired) electrons. The van der Waals surface area contributed by atoms with E-state index >= 15 is 0 Å².